The Morgan fingerprint density at radius 2 is 1.83 bits per heavy atom. The van der Waals surface area contributed by atoms with E-state index in [1.165, 1.54) is 60.7 Å². The van der Waals surface area contributed by atoms with Crippen molar-refractivity contribution in [1.82, 2.24) is 0 Å². The molecule has 0 aliphatic carbocycles. The highest BCUT2D eigenvalue weighted by Gasteiger charge is 2.16. The molecule has 29 heavy (non-hydrogen) atoms. The van der Waals surface area contributed by atoms with E-state index >= 15 is 0 Å². The number of nitrogens with one attached hydrogen (secondary N) is 1. The van der Waals surface area contributed by atoms with Gasteiger partial charge in [0.1, 0.15) is 17.3 Å². The first-order chi connectivity index (χ1) is 13.6. The summed E-state index contributed by atoms with van der Waals surface area (Å²) in [7, 11) is -3.91. The predicted octanol–water partition coefficient (Wildman–Crippen LogP) is 4.48. The Balaban J connectivity index is 1.92. The number of aryl methyl sites for hydroxylation is 1. The summed E-state index contributed by atoms with van der Waals surface area (Å²) >= 11 is 6.03. The van der Waals surface area contributed by atoms with Crippen LogP contribution in [0.5, 0.6) is 11.5 Å². The lowest BCUT2D eigenvalue weighted by Gasteiger charge is -2.14. The number of primary sulfonamides is 1. The van der Waals surface area contributed by atoms with Crippen molar-refractivity contribution in [3.8, 4) is 11.5 Å². The molecule has 6 nitrogen and oxygen atoms in total. The van der Waals surface area contributed by atoms with Gasteiger partial charge in [-0.25, -0.2) is 17.9 Å². The molecule has 1 amide bonds. The summed E-state index contributed by atoms with van der Waals surface area (Å²) in [4.78, 5) is 12.6. The number of rotatable bonds is 5. The zero-order valence-corrected chi connectivity index (χ0v) is 16.7. The fourth-order valence-electron chi connectivity index (χ4n) is 2.56. The van der Waals surface area contributed by atoms with Crippen molar-refractivity contribution < 1.29 is 22.3 Å². The van der Waals surface area contributed by atoms with Gasteiger partial charge in [0.25, 0.3) is 5.91 Å². The third-order valence-electron chi connectivity index (χ3n) is 3.97. The molecule has 0 aliphatic heterocycles. The van der Waals surface area contributed by atoms with Gasteiger partial charge < -0.3 is 10.1 Å². The summed E-state index contributed by atoms with van der Waals surface area (Å²) in [5.41, 5.74) is 0.928. The molecule has 0 spiro atoms. The third kappa shape index (κ3) is 5.11. The quantitative estimate of drug-likeness (QED) is 0.618. The zero-order valence-electron chi connectivity index (χ0n) is 15.1. The Morgan fingerprint density at radius 3 is 2.52 bits per heavy atom. The molecule has 3 aromatic carbocycles. The standard InChI is InChI=1S/C20H16ClFN2O4S/c1-12-9-14(22)6-8-18(12)28-19-10-13(21)5-7-17(19)20(25)24-15-3-2-4-16(11-15)29(23,26)27/h2-11H,1H3,(H,24,25)(H2,23,26,27). The van der Waals surface area contributed by atoms with Gasteiger partial charge in [0.15, 0.2) is 0 Å². The second-order valence-corrected chi connectivity index (χ2v) is 8.18. The monoisotopic (exact) mass is 434 g/mol. The van der Waals surface area contributed by atoms with Crippen molar-refractivity contribution in [1.29, 1.82) is 0 Å². The molecule has 9 heteroatoms. The molecule has 3 rings (SSSR count). The van der Waals surface area contributed by atoms with E-state index in [4.69, 9.17) is 21.5 Å². The van der Waals surface area contributed by atoms with Crippen LogP contribution in [-0.4, -0.2) is 14.3 Å². The highest BCUT2D eigenvalue weighted by Crippen LogP contribution is 2.31. The molecule has 0 saturated carbocycles. The number of hydrogen-bond acceptors (Lipinski definition) is 4. The first kappa shape index (κ1) is 20.8. The van der Waals surface area contributed by atoms with E-state index in [-0.39, 0.29) is 21.9 Å². The van der Waals surface area contributed by atoms with Gasteiger partial charge in [0.2, 0.25) is 10.0 Å². The molecular weight excluding hydrogens is 419 g/mol. The summed E-state index contributed by atoms with van der Waals surface area (Å²) in [6.07, 6.45) is 0. The van der Waals surface area contributed by atoms with Gasteiger partial charge in [-0.2, -0.15) is 0 Å². The maximum absolute atomic E-state index is 13.3. The van der Waals surface area contributed by atoms with Crippen LogP contribution in [0.1, 0.15) is 15.9 Å². The number of sulfonamides is 1. The van der Waals surface area contributed by atoms with Gasteiger partial charge in [-0.15, -0.1) is 0 Å². The lowest BCUT2D eigenvalue weighted by molar-refractivity contribution is 0.102. The molecule has 0 atom stereocenters. The molecule has 0 heterocycles. The van der Waals surface area contributed by atoms with Gasteiger partial charge in [-0.1, -0.05) is 17.7 Å². The number of halogens is 2. The predicted molar refractivity (Wildman–Crippen MR) is 108 cm³/mol. The summed E-state index contributed by atoms with van der Waals surface area (Å²) < 4.78 is 42.1. The van der Waals surface area contributed by atoms with Crippen molar-refractivity contribution in [3.63, 3.8) is 0 Å². The Kier molecular flexibility index (Phi) is 5.88. The van der Waals surface area contributed by atoms with E-state index in [0.717, 1.165) is 0 Å². The summed E-state index contributed by atoms with van der Waals surface area (Å²) in [6.45, 7) is 1.67. The number of hydrogen-bond donors (Lipinski definition) is 2. The Hall–Kier alpha value is -2.94. The number of amides is 1. The van der Waals surface area contributed by atoms with E-state index in [2.05, 4.69) is 5.32 Å². The average molecular weight is 435 g/mol. The minimum absolute atomic E-state index is 0.134. The normalized spacial score (nSPS) is 11.2. The highest BCUT2D eigenvalue weighted by atomic mass is 35.5. The largest absolute Gasteiger partial charge is 0.456 e. The molecule has 0 aromatic heterocycles. The first-order valence-corrected chi connectivity index (χ1v) is 10.2. The molecule has 0 aliphatic rings. The van der Waals surface area contributed by atoms with Gasteiger partial charge in [-0.3, -0.25) is 4.79 Å². The number of nitrogens with two attached hydrogens (primary N) is 1. The number of carbonyl (C=O) groups is 1. The minimum Gasteiger partial charge on any atom is -0.456 e. The maximum Gasteiger partial charge on any atom is 0.259 e. The topological polar surface area (TPSA) is 98.5 Å². The number of anilines is 1. The summed E-state index contributed by atoms with van der Waals surface area (Å²) in [5.74, 6) is -0.442. The molecule has 0 fully saturated rings. The van der Waals surface area contributed by atoms with Crippen LogP contribution >= 0.6 is 11.6 Å². The van der Waals surface area contributed by atoms with E-state index in [1.807, 2.05) is 0 Å². The number of ether oxygens (including phenoxy) is 1. The van der Waals surface area contributed by atoms with Crippen molar-refractivity contribution in [2.45, 2.75) is 11.8 Å². The van der Waals surface area contributed by atoms with Crippen LogP contribution in [0.25, 0.3) is 0 Å². The Morgan fingerprint density at radius 1 is 1.07 bits per heavy atom. The Labute approximate surface area is 172 Å². The fourth-order valence-corrected chi connectivity index (χ4v) is 3.28. The molecule has 3 N–H and O–H groups in total. The third-order valence-corrected chi connectivity index (χ3v) is 5.11. The molecule has 0 unspecified atom stereocenters. The zero-order chi connectivity index (χ0) is 21.2. The number of carbonyl (C=O) groups excluding carboxylic acids is 1. The van der Waals surface area contributed by atoms with Gasteiger partial charge in [0.05, 0.1) is 10.5 Å². The van der Waals surface area contributed by atoms with E-state index in [9.17, 15) is 17.6 Å². The van der Waals surface area contributed by atoms with E-state index in [0.29, 0.717) is 16.3 Å². The molecule has 0 saturated heterocycles. The van der Waals surface area contributed by atoms with Crippen LogP contribution in [0.3, 0.4) is 0 Å². The second kappa shape index (κ2) is 8.20. The Bertz CT molecular complexity index is 1200. The van der Waals surface area contributed by atoms with Crippen LogP contribution in [0.15, 0.2) is 65.6 Å². The van der Waals surface area contributed by atoms with Gasteiger partial charge in [0, 0.05) is 16.8 Å². The van der Waals surface area contributed by atoms with Crippen molar-refractivity contribution in [2.75, 3.05) is 5.32 Å². The van der Waals surface area contributed by atoms with Crippen molar-refractivity contribution in [2.24, 2.45) is 5.14 Å². The minimum atomic E-state index is -3.91. The van der Waals surface area contributed by atoms with E-state index < -0.39 is 21.7 Å². The molecule has 0 bridgehead atoms. The highest BCUT2D eigenvalue weighted by molar-refractivity contribution is 7.89. The van der Waals surface area contributed by atoms with Crippen molar-refractivity contribution >= 4 is 33.2 Å². The second-order valence-electron chi connectivity index (χ2n) is 6.18. The van der Waals surface area contributed by atoms with Gasteiger partial charge in [-0.05, 0) is 61.0 Å². The van der Waals surface area contributed by atoms with Crippen LogP contribution in [0.4, 0.5) is 10.1 Å². The lowest BCUT2D eigenvalue weighted by atomic mass is 10.1. The molecule has 150 valence electrons. The average Bonchev–Trinajstić information content (AvgIpc) is 2.63. The molecule has 3 aromatic rings. The van der Waals surface area contributed by atoms with Crippen molar-refractivity contribution in [3.05, 3.63) is 82.6 Å². The molecule has 0 radical (unpaired) electrons. The van der Waals surface area contributed by atoms with E-state index in [1.54, 1.807) is 6.92 Å². The van der Waals surface area contributed by atoms with Crippen LogP contribution in [0, 0.1) is 12.7 Å². The molecular formula is C20H16ClFN2O4S. The first-order valence-electron chi connectivity index (χ1n) is 8.31. The maximum atomic E-state index is 13.3. The van der Waals surface area contributed by atoms with Crippen LogP contribution in [-0.2, 0) is 10.0 Å². The number of benzene rings is 3. The summed E-state index contributed by atoms with van der Waals surface area (Å²) in [5, 5.41) is 8.06. The van der Waals surface area contributed by atoms with Crippen LogP contribution in [0.2, 0.25) is 5.02 Å². The van der Waals surface area contributed by atoms with Gasteiger partial charge >= 0.3 is 0 Å². The summed E-state index contributed by atoms with van der Waals surface area (Å²) in [6, 6.07) is 14.0. The fraction of sp³-hybridized carbons (Fsp3) is 0.0500. The smallest absolute Gasteiger partial charge is 0.259 e. The lowest BCUT2D eigenvalue weighted by Crippen LogP contribution is -2.15. The SMILES string of the molecule is Cc1cc(F)ccc1Oc1cc(Cl)ccc1C(=O)Nc1cccc(S(N)(=O)=O)c1. The van der Waals surface area contributed by atoms with Crippen LogP contribution < -0.4 is 15.2 Å².